The second-order valence-electron chi connectivity index (χ2n) is 4.66. The second kappa shape index (κ2) is 4.86. The van der Waals surface area contributed by atoms with Crippen molar-refractivity contribution in [2.75, 3.05) is 18.8 Å². The van der Waals surface area contributed by atoms with Crippen LogP contribution in [0.25, 0.3) is 0 Å². The van der Waals surface area contributed by atoms with Gasteiger partial charge in [0, 0.05) is 29.6 Å². The van der Waals surface area contributed by atoms with E-state index in [9.17, 15) is 0 Å². The molecule has 0 aromatic rings. The molecule has 2 fully saturated rings. The normalized spacial score (nSPS) is 40.3. The molecule has 0 aromatic carbocycles. The predicted molar refractivity (Wildman–Crippen MR) is 63.7 cm³/mol. The highest BCUT2D eigenvalue weighted by Crippen LogP contribution is 2.32. The molecule has 2 heterocycles. The summed E-state index contributed by atoms with van der Waals surface area (Å²) in [6.07, 6.45) is 5.47. The molecule has 0 aromatic heterocycles. The van der Waals surface area contributed by atoms with Crippen molar-refractivity contribution in [3.05, 3.63) is 0 Å². The fraction of sp³-hybridized carbons (Fsp3) is 1.00. The Morgan fingerprint density at radius 3 is 2.93 bits per heavy atom. The van der Waals surface area contributed by atoms with E-state index in [2.05, 4.69) is 23.6 Å². The van der Waals surface area contributed by atoms with Crippen LogP contribution >= 0.6 is 11.8 Å². The van der Waals surface area contributed by atoms with Crippen LogP contribution in [0.3, 0.4) is 0 Å². The summed E-state index contributed by atoms with van der Waals surface area (Å²) < 4.78 is 0. The van der Waals surface area contributed by atoms with Gasteiger partial charge in [-0.2, -0.15) is 11.8 Å². The summed E-state index contributed by atoms with van der Waals surface area (Å²) in [6, 6.07) is 1.50. The van der Waals surface area contributed by atoms with Crippen molar-refractivity contribution in [2.45, 2.75) is 49.9 Å². The Kier molecular flexibility index (Phi) is 3.74. The summed E-state index contributed by atoms with van der Waals surface area (Å²) in [5.41, 5.74) is 5.85. The van der Waals surface area contributed by atoms with Crippen LogP contribution in [0.5, 0.6) is 0 Å². The van der Waals surface area contributed by atoms with Crippen LogP contribution in [-0.2, 0) is 0 Å². The minimum absolute atomic E-state index is 0.680. The lowest BCUT2D eigenvalue weighted by Crippen LogP contribution is -2.49. The van der Waals surface area contributed by atoms with Gasteiger partial charge in [0.05, 0.1) is 0 Å². The van der Waals surface area contributed by atoms with Gasteiger partial charge >= 0.3 is 0 Å². The largest absolute Gasteiger partial charge is 0.329 e. The van der Waals surface area contributed by atoms with E-state index in [0.29, 0.717) is 6.04 Å². The molecule has 2 saturated heterocycles. The van der Waals surface area contributed by atoms with E-state index in [1.807, 2.05) is 0 Å². The Labute approximate surface area is 91.6 Å². The molecule has 2 aliphatic rings. The van der Waals surface area contributed by atoms with Gasteiger partial charge in [-0.25, -0.2) is 0 Å². The topological polar surface area (TPSA) is 29.3 Å². The molecular formula is C11H22N2S. The minimum Gasteiger partial charge on any atom is -0.329 e. The zero-order chi connectivity index (χ0) is 9.97. The van der Waals surface area contributed by atoms with Crippen molar-refractivity contribution in [3.8, 4) is 0 Å². The maximum Gasteiger partial charge on any atom is 0.0221 e. The number of thioether (sulfide) groups is 1. The molecule has 0 bridgehead atoms. The molecule has 2 aliphatic heterocycles. The smallest absolute Gasteiger partial charge is 0.0221 e. The second-order valence-corrected chi connectivity index (χ2v) is 6.13. The van der Waals surface area contributed by atoms with E-state index in [0.717, 1.165) is 17.8 Å². The lowest BCUT2D eigenvalue weighted by molar-refractivity contribution is 0.109. The molecule has 82 valence electrons. The average Bonchev–Trinajstić information content (AvgIpc) is 2.65. The van der Waals surface area contributed by atoms with Gasteiger partial charge in [0.1, 0.15) is 0 Å². The molecule has 3 unspecified atom stereocenters. The van der Waals surface area contributed by atoms with Crippen molar-refractivity contribution in [1.82, 2.24) is 4.90 Å². The molecule has 14 heavy (non-hydrogen) atoms. The van der Waals surface area contributed by atoms with E-state index < -0.39 is 0 Å². The quantitative estimate of drug-likeness (QED) is 0.758. The summed E-state index contributed by atoms with van der Waals surface area (Å²) in [5.74, 6) is 1.33. The first-order valence-corrected chi connectivity index (χ1v) is 6.93. The zero-order valence-electron chi connectivity index (χ0n) is 9.11. The van der Waals surface area contributed by atoms with Gasteiger partial charge in [0.15, 0.2) is 0 Å². The van der Waals surface area contributed by atoms with Crippen LogP contribution in [-0.4, -0.2) is 41.1 Å². The van der Waals surface area contributed by atoms with Crippen LogP contribution in [0.4, 0.5) is 0 Å². The third kappa shape index (κ3) is 2.26. The summed E-state index contributed by atoms with van der Waals surface area (Å²) in [4.78, 5) is 2.69. The van der Waals surface area contributed by atoms with Crippen molar-refractivity contribution in [1.29, 1.82) is 0 Å². The fourth-order valence-electron chi connectivity index (χ4n) is 2.78. The Morgan fingerprint density at radius 2 is 2.29 bits per heavy atom. The Hall–Kier alpha value is 0.270. The number of hydrogen-bond donors (Lipinski definition) is 1. The number of nitrogens with two attached hydrogens (primary N) is 1. The van der Waals surface area contributed by atoms with Crippen LogP contribution < -0.4 is 5.73 Å². The molecule has 0 amide bonds. The minimum atomic E-state index is 0.680. The molecule has 2 nitrogen and oxygen atoms in total. The van der Waals surface area contributed by atoms with Gasteiger partial charge in [0.25, 0.3) is 0 Å². The van der Waals surface area contributed by atoms with Gasteiger partial charge in [0.2, 0.25) is 0 Å². The van der Waals surface area contributed by atoms with Gasteiger partial charge in [-0.3, -0.25) is 4.90 Å². The molecule has 0 saturated carbocycles. The summed E-state index contributed by atoms with van der Waals surface area (Å²) in [7, 11) is 0. The van der Waals surface area contributed by atoms with Gasteiger partial charge in [-0.05, 0) is 25.8 Å². The molecule has 0 aliphatic carbocycles. The van der Waals surface area contributed by atoms with Crippen LogP contribution in [0.1, 0.15) is 32.6 Å². The van der Waals surface area contributed by atoms with Crippen molar-refractivity contribution >= 4 is 11.8 Å². The highest BCUT2D eigenvalue weighted by atomic mass is 32.2. The van der Waals surface area contributed by atoms with E-state index in [4.69, 9.17) is 5.73 Å². The van der Waals surface area contributed by atoms with Gasteiger partial charge in [-0.1, -0.05) is 13.3 Å². The molecule has 2 rings (SSSR count). The third-order valence-corrected chi connectivity index (χ3v) is 4.93. The SMILES string of the molecule is CC1CC(N2CCCCC2CN)CS1. The van der Waals surface area contributed by atoms with Crippen molar-refractivity contribution in [3.63, 3.8) is 0 Å². The lowest BCUT2D eigenvalue weighted by atomic mass is 9.99. The average molecular weight is 214 g/mol. The van der Waals surface area contributed by atoms with Crippen LogP contribution in [0.15, 0.2) is 0 Å². The number of hydrogen-bond acceptors (Lipinski definition) is 3. The molecule has 2 N–H and O–H groups in total. The first kappa shape index (κ1) is 10.8. The fourth-order valence-corrected chi connectivity index (χ4v) is 4.02. The zero-order valence-corrected chi connectivity index (χ0v) is 9.93. The molecule has 0 spiro atoms. The Balaban J connectivity index is 1.93. The number of rotatable bonds is 2. The monoisotopic (exact) mass is 214 g/mol. The maximum absolute atomic E-state index is 5.85. The Bertz CT molecular complexity index is 186. The van der Waals surface area contributed by atoms with Crippen molar-refractivity contribution in [2.24, 2.45) is 5.73 Å². The van der Waals surface area contributed by atoms with Gasteiger partial charge in [-0.15, -0.1) is 0 Å². The maximum atomic E-state index is 5.85. The molecule has 0 radical (unpaired) electrons. The van der Waals surface area contributed by atoms with E-state index in [1.54, 1.807) is 0 Å². The van der Waals surface area contributed by atoms with Gasteiger partial charge < -0.3 is 5.73 Å². The first-order valence-electron chi connectivity index (χ1n) is 5.88. The molecule has 3 heteroatoms. The van der Waals surface area contributed by atoms with Crippen LogP contribution in [0.2, 0.25) is 0 Å². The Morgan fingerprint density at radius 1 is 1.43 bits per heavy atom. The number of likely N-dealkylation sites (tertiary alicyclic amines) is 1. The number of piperidine rings is 1. The van der Waals surface area contributed by atoms with E-state index in [1.165, 1.54) is 38.0 Å². The highest BCUT2D eigenvalue weighted by molar-refractivity contribution is 8.00. The summed E-state index contributed by atoms with van der Waals surface area (Å²) in [5, 5.41) is 0.861. The predicted octanol–water partition coefficient (Wildman–Crippen LogP) is 1.69. The first-order chi connectivity index (χ1) is 6.81. The van der Waals surface area contributed by atoms with Crippen LogP contribution in [0, 0.1) is 0 Å². The van der Waals surface area contributed by atoms with Crippen molar-refractivity contribution < 1.29 is 0 Å². The number of nitrogens with zero attached hydrogens (tertiary/aromatic N) is 1. The standard InChI is InChI=1S/C11H22N2S/c1-9-6-11(8-14-9)13-5-3-2-4-10(13)7-12/h9-11H,2-8,12H2,1H3. The summed E-state index contributed by atoms with van der Waals surface area (Å²) >= 11 is 2.13. The molecule has 3 atom stereocenters. The van der Waals surface area contributed by atoms with E-state index in [-0.39, 0.29) is 0 Å². The third-order valence-electron chi connectivity index (χ3n) is 3.59. The summed E-state index contributed by atoms with van der Waals surface area (Å²) in [6.45, 7) is 4.50. The van der Waals surface area contributed by atoms with E-state index >= 15 is 0 Å². The lowest BCUT2D eigenvalue weighted by Gasteiger charge is -2.39. The molecular weight excluding hydrogens is 192 g/mol. The highest BCUT2D eigenvalue weighted by Gasteiger charge is 2.32.